The molecule has 0 bridgehead atoms. The summed E-state index contributed by atoms with van der Waals surface area (Å²) in [6.07, 6.45) is 2.24. The third kappa shape index (κ3) is 2.74. The van der Waals surface area contributed by atoms with Gasteiger partial charge in [0.1, 0.15) is 11.6 Å². The summed E-state index contributed by atoms with van der Waals surface area (Å²) >= 11 is 0. The van der Waals surface area contributed by atoms with Gasteiger partial charge in [-0.1, -0.05) is 12.1 Å². The molecule has 120 valence electrons. The summed E-state index contributed by atoms with van der Waals surface area (Å²) in [5, 5.41) is 0. The molecule has 1 aromatic carbocycles. The Morgan fingerprint density at radius 1 is 0.958 bits per heavy atom. The maximum atomic E-state index is 13.8. The lowest BCUT2D eigenvalue weighted by Crippen LogP contribution is -2.14. The number of aromatic nitrogens is 2. The Balaban J connectivity index is 1.99. The molecule has 3 rings (SSSR count). The van der Waals surface area contributed by atoms with Gasteiger partial charge in [0.25, 0.3) is 0 Å². The van der Waals surface area contributed by atoms with Crippen molar-refractivity contribution in [2.24, 2.45) is 7.05 Å². The van der Waals surface area contributed by atoms with Gasteiger partial charge in [0, 0.05) is 18.8 Å². The number of benzene rings is 1. The minimum Gasteiger partial charge on any atom is -0.338 e. The summed E-state index contributed by atoms with van der Waals surface area (Å²) in [7, 11) is 1.52. The van der Waals surface area contributed by atoms with Crippen LogP contribution in [0.1, 0.15) is 32.1 Å². The molecule has 0 amide bonds. The van der Waals surface area contributed by atoms with Gasteiger partial charge in [-0.25, -0.2) is 8.78 Å². The molecule has 2 aromatic heterocycles. The van der Waals surface area contributed by atoms with Crippen LogP contribution in [0.2, 0.25) is 0 Å². The summed E-state index contributed by atoms with van der Waals surface area (Å²) in [6.45, 7) is 0. The number of halogens is 2. The Kier molecular flexibility index (Phi) is 4.04. The molecule has 0 N–H and O–H groups in total. The molecular weight excluding hydrogens is 314 g/mol. The monoisotopic (exact) mass is 326 g/mol. The summed E-state index contributed by atoms with van der Waals surface area (Å²) in [5.41, 5.74) is 0.334. The second kappa shape index (κ2) is 6.16. The van der Waals surface area contributed by atoms with Gasteiger partial charge in [-0.15, -0.1) is 0 Å². The van der Waals surface area contributed by atoms with Crippen LogP contribution in [0, 0.1) is 11.6 Å². The van der Waals surface area contributed by atoms with E-state index in [0.717, 1.165) is 12.3 Å². The molecule has 0 radical (unpaired) electrons. The van der Waals surface area contributed by atoms with E-state index in [9.17, 15) is 18.4 Å². The van der Waals surface area contributed by atoms with Crippen LogP contribution >= 0.6 is 0 Å². The van der Waals surface area contributed by atoms with Gasteiger partial charge in [0.15, 0.2) is 0 Å². The highest BCUT2D eigenvalue weighted by Crippen LogP contribution is 2.18. The molecule has 0 saturated heterocycles. The summed E-state index contributed by atoms with van der Waals surface area (Å²) in [6, 6.07) is 9.58. The molecule has 0 aliphatic carbocycles. The number of pyridine rings is 1. The lowest BCUT2D eigenvalue weighted by atomic mass is 10.1. The third-order valence-electron chi connectivity index (χ3n) is 3.67. The highest BCUT2D eigenvalue weighted by Gasteiger charge is 2.21. The molecule has 4 nitrogen and oxygen atoms in total. The van der Waals surface area contributed by atoms with Crippen molar-refractivity contribution in [2.45, 2.75) is 0 Å². The topological polar surface area (TPSA) is 52.0 Å². The second-order valence-electron chi connectivity index (χ2n) is 5.19. The van der Waals surface area contributed by atoms with Crippen LogP contribution in [-0.4, -0.2) is 21.1 Å². The van der Waals surface area contributed by atoms with Crippen LogP contribution in [0.5, 0.6) is 0 Å². The zero-order valence-corrected chi connectivity index (χ0v) is 12.7. The van der Waals surface area contributed by atoms with Crippen molar-refractivity contribution in [1.29, 1.82) is 0 Å². The van der Waals surface area contributed by atoms with Crippen LogP contribution < -0.4 is 0 Å². The van der Waals surface area contributed by atoms with E-state index in [1.54, 1.807) is 6.07 Å². The van der Waals surface area contributed by atoms with Crippen molar-refractivity contribution in [3.63, 3.8) is 0 Å². The van der Waals surface area contributed by atoms with Crippen molar-refractivity contribution in [1.82, 2.24) is 9.55 Å². The molecule has 24 heavy (non-hydrogen) atoms. The zero-order chi connectivity index (χ0) is 17.3. The molecule has 0 aliphatic heterocycles. The van der Waals surface area contributed by atoms with Crippen molar-refractivity contribution < 1.29 is 18.4 Å². The molecule has 0 unspecified atom stereocenters. The van der Waals surface area contributed by atoms with E-state index in [1.165, 1.54) is 48.1 Å². The fourth-order valence-corrected chi connectivity index (χ4v) is 2.43. The van der Waals surface area contributed by atoms with Crippen molar-refractivity contribution >= 4 is 11.6 Å². The Bertz CT molecular complexity index is 948. The molecule has 0 fully saturated rings. The van der Waals surface area contributed by atoms with E-state index in [2.05, 4.69) is 4.98 Å². The van der Waals surface area contributed by atoms with Gasteiger partial charge in [-0.05, 0) is 30.3 Å². The van der Waals surface area contributed by atoms with E-state index in [4.69, 9.17) is 0 Å². The first-order valence-corrected chi connectivity index (χ1v) is 7.09. The van der Waals surface area contributed by atoms with Crippen LogP contribution in [-0.2, 0) is 7.05 Å². The first kappa shape index (κ1) is 15.7. The third-order valence-corrected chi connectivity index (χ3v) is 3.67. The number of carbonyl (C=O) groups is 2. The van der Waals surface area contributed by atoms with E-state index >= 15 is 0 Å². The largest absolute Gasteiger partial charge is 0.338 e. The lowest BCUT2D eigenvalue weighted by molar-refractivity contribution is 0.102. The van der Waals surface area contributed by atoms with Gasteiger partial charge < -0.3 is 4.57 Å². The number of carbonyl (C=O) groups excluding carboxylic acids is 2. The smallest absolute Gasteiger partial charge is 0.212 e. The minimum absolute atomic E-state index is 0.0705. The van der Waals surface area contributed by atoms with Crippen molar-refractivity contribution in [2.75, 3.05) is 0 Å². The minimum atomic E-state index is -0.633. The highest BCUT2D eigenvalue weighted by molar-refractivity contribution is 6.12. The van der Waals surface area contributed by atoms with Crippen molar-refractivity contribution in [3.8, 4) is 0 Å². The molecule has 0 spiro atoms. The molecule has 0 saturated carbocycles. The van der Waals surface area contributed by atoms with E-state index in [0.29, 0.717) is 0 Å². The fraction of sp³-hybridized carbons (Fsp3) is 0.0556. The first-order chi connectivity index (χ1) is 11.5. The van der Waals surface area contributed by atoms with E-state index in [-0.39, 0.29) is 22.5 Å². The summed E-state index contributed by atoms with van der Waals surface area (Å²) in [4.78, 5) is 28.6. The Morgan fingerprint density at radius 2 is 1.62 bits per heavy atom. The quantitative estimate of drug-likeness (QED) is 0.692. The van der Waals surface area contributed by atoms with E-state index < -0.39 is 23.2 Å². The number of hydrogen-bond donors (Lipinski definition) is 0. The SMILES string of the molecule is Cn1c(C(=O)c2cncc(F)c2)ccc1C(=O)c1ccccc1F. The van der Waals surface area contributed by atoms with Crippen LogP contribution in [0.25, 0.3) is 0 Å². The number of nitrogens with zero attached hydrogens (tertiary/aromatic N) is 2. The second-order valence-corrected chi connectivity index (χ2v) is 5.19. The zero-order valence-electron chi connectivity index (χ0n) is 12.7. The van der Waals surface area contributed by atoms with Gasteiger partial charge in [0.2, 0.25) is 11.6 Å². The number of hydrogen-bond acceptors (Lipinski definition) is 3. The summed E-state index contributed by atoms with van der Waals surface area (Å²) in [5.74, 6) is -2.27. The molecular formula is C18H12F2N2O2. The van der Waals surface area contributed by atoms with Crippen molar-refractivity contribution in [3.05, 3.63) is 89.0 Å². The summed E-state index contributed by atoms with van der Waals surface area (Å²) < 4.78 is 28.4. The molecule has 0 atom stereocenters. The predicted molar refractivity (Wildman–Crippen MR) is 82.9 cm³/mol. The predicted octanol–water partition coefficient (Wildman–Crippen LogP) is 3.16. The van der Waals surface area contributed by atoms with Gasteiger partial charge in [-0.2, -0.15) is 0 Å². The highest BCUT2D eigenvalue weighted by atomic mass is 19.1. The van der Waals surface area contributed by atoms with Gasteiger partial charge >= 0.3 is 0 Å². The molecule has 2 heterocycles. The van der Waals surface area contributed by atoms with E-state index in [1.807, 2.05) is 0 Å². The standard InChI is InChI=1S/C18H12F2N2O2/c1-22-15(17(23)11-8-12(19)10-21-9-11)6-7-16(22)18(24)13-4-2-3-5-14(13)20/h2-10H,1H3. The molecule has 6 heteroatoms. The molecule has 3 aromatic rings. The average Bonchev–Trinajstić information content (AvgIpc) is 2.95. The van der Waals surface area contributed by atoms with Crippen LogP contribution in [0.3, 0.4) is 0 Å². The maximum Gasteiger partial charge on any atom is 0.212 e. The normalized spacial score (nSPS) is 10.6. The molecule has 0 aliphatic rings. The van der Waals surface area contributed by atoms with Gasteiger partial charge in [-0.3, -0.25) is 14.6 Å². The van der Waals surface area contributed by atoms with Crippen LogP contribution in [0.15, 0.2) is 54.9 Å². The Labute approximate surface area is 136 Å². The maximum absolute atomic E-state index is 13.8. The van der Waals surface area contributed by atoms with Gasteiger partial charge in [0.05, 0.1) is 23.1 Å². The first-order valence-electron chi connectivity index (χ1n) is 7.09. The number of ketones is 2. The average molecular weight is 326 g/mol. The Morgan fingerprint density at radius 3 is 2.29 bits per heavy atom. The Hall–Kier alpha value is -3.15. The number of rotatable bonds is 4. The fourth-order valence-electron chi connectivity index (χ4n) is 2.43. The lowest BCUT2D eigenvalue weighted by Gasteiger charge is -2.07. The van der Waals surface area contributed by atoms with Crippen LogP contribution in [0.4, 0.5) is 8.78 Å².